The van der Waals surface area contributed by atoms with Gasteiger partial charge in [0.2, 0.25) is 0 Å². The minimum atomic E-state index is -0.270. The SMILES string of the molecule is Cc1cc(C(=O)NC(C)CCN2CCOCC2)c(C)n1-c1ccc(F)cc1. The van der Waals surface area contributed by atoms with Crippen molar-refractivity contribution in [3.05, 3.63) is 53.1 Å². The molecule has 146 valence electrons. The second-order valence-electron chi connectivity index (χ2n) is 7.21. The van der Waals surface area contributed by atoms with E-state index >= 15 is 0 Å². The maximum atomic E-state index is 13.2. The van der Waals surface area contributed by atoms with Gasteiger partial charge in [0.05, 0.1) is 18.8 Å². The highest BCUT2D eigenvalue weighted by Crippen LogP contribution is 2.21. The number of halogens is 1. The average Bonchev–Trinajstić information content (AvgIpc) is 2.96. The van der Waals surface area contributed by atoms with Crippen molar-refractivity contribution in [2.75, 3.05) is 32.8 Å². The number of nitrogens with one attached hydrogen (secondary N) is 1. The van der Waals surface area contributed by atoms with Crippen LogP contribution in [0.4, 0.5) is 4.39 Å². The van der Waals surface area contributed by atoms with Crippen LogP contribution in [0.15, 0.2) is 30.3 Å². The van der Waals surface area contributed by atoms with Gasteiger partial charge in [0.25, 0.3) is 5.91 Å². The Morgan fingerprint density at radius 2 is 1.89 bits per heavy atom. The summed E-state index contributed by atoms with van der Waals surface area (Å²) in [6.45, 7) is 10.4. The molecule has 1 aliphatic rings. The third kappa shape index (κ3) is 4.76. The molecule has 27 heavy (non-hydrogen) atoms. The number of aryl methyl sites for hydroxylation is 1. The van der Waals surface area contributed by atoms with Gasteiger partial charge in [-0.15, -0.1) is 0 Å². The molecule has 0 aliphatic carbocycles. The van der Waals surface area contributed by atoms with E-state index < -0.39 is 0 Å². The van der Waals surface area contributed by atoms with Gasteiger partial charge in [-0.3, -0.25) is 9.69 Å². The van der Waals surface area contributed by atoms with Gasteiger partial charge >= 0.3 is 0 Å². The van der Waals surface area contributed by atoms with Crippen molar-refractivity contribution < 1.29 is 13.9 Å². The van der Waals surface area contributed by atoms with E-state index in [4.69, 9.17) is 4.74 Å². The number of hydrogen-bond acceptors (Lipinski definition) is 3. The molecule has 1 amide bonds. The summed E-state index contributed by atoms with van der Waals surface area (Å²) in [7, 11) is 0. The summed E-state index contributed by atoms with van der Waals surface area (Å²) in [5, 5.41) is 3.11. The normalized spacial score (nSPS) is 16.3. The predicted molar refractivity (Wildman–Crippen MR) is 104 cm³/mol. The molecule has 1 aromatic heterocycles. The van der Waals surface area contributed by atoms with E-state index in [9.17, 15) is 9.18 Å². The third-order valence-corrected chi connectivity index (χ3v) is 5.12. The molecule has 3 rings (SSSR count). The summed E-state index contributed by atoms with van der Waals surface area (Å²) in [5.41, 5.74) is 3.32. The first kappa shape index (κ1) is 19.6. The standard InChI is InChI=1S/C21H28FN3O2/c1-15(8-9-24-10-12-27-13-11-24)23-21(26)20-14-16(2)25(17(20)3)19-6-4-18(22)5-7-19/h4-7,14-15H,8-13H2,1-3H3,(H,23,26). The lowest BCUT2D eigenvalue weighted by atomic mass is 10.1. The zero-order chi connectivity index (χ0) is 19.4. The molecule has 1 unspecified atom stereocenters. The van der Waals surface area contributed by atoms with E-state index in [1.807, 2.05) is 31.4 Å². The Labute approximate surface area is 160 Å². The molecule has 0 saturated carbocycles. The highest BCUT2D eigenvalue weighted by molar-refractivity contribution is 5.96. The van der Waals surface area contributed by atoms with Crippen molar-refractivity contribution in [3.63, 3.8) is 0 Å². The number of nitrogens with zero attached hydrogens (tertiary/aromatic N) is 2. The van der Waals surface area contributed by atoms with E-state index in [0.717, 1.165) is 56.3 Å². The number of ether oxygens (including phenoxy) is 1. The first-order valence-electron chi connectivity index (χ1n) is 9.51. The highest BCUT2D eigenvalue weighted by atomic mass is 19.1. The van der Waals surface area contributed by atoms with Crippen LogP contribution >= 0.6 is 0 Å². The molecular weight excluding hydrogens is 345 g/mol. The van der Waals surface area contributed by atoms with Gasteiger partial charge in [-0.2, -0.15) is 0 Å². The van der Waals surface area contributed by atoms with Gasteiger partial charge in [0.1, 0.15) is 5.82 Å². The maximum absolute atomic E-state index is 13.2. The highest BCUT2D eigenvalue weighted by Gasteiger charge is 2.19. The summed E-state index contributed by atoms with van der Waals surface area (Å²) in [6, 6.07) is 8.30. The number of benzene rings is 1. The van der Waals surface area contributed by atoms with E-state index in [2.05, 4.69) is 10.2 Å². The molecule has 0 spiro atoms. The second kappa shape index (κ2) is 8.67. The topological polar surface area (TPSA) is 46.5 Å². The number of amides is 1. The Kier molecular flexibility index (Phi) is 6.29. The minimum absolute atomic E-state index is 0.0639. The molecule has 6 heteroatoms. The van der Waals surface area contributed by atoms with Crippen LogP contribution in [0.5, 0.6) is 0 Å². The Morgan fingerprint density at radius 3 is 2.56 bits per heavy atom. The molecule has 1 aromatic carbocycles. The molecule has 2 aromatic rings. The molecule has 1 saturated heterocycles. The maximum Gasteiger partial charge on any atom is 0.253 e. The fourth-order valence-electron chi connectivity index (χ4n) is 3.55. The number of morpholine rings is 1. The molecular formula is C21H28FN3O2. The quantitative estimate of drug-likeness (QED) is 0.847. The van der Waals surface area contributed by atoms with Gasteiger partial charge in [-0.05, 0) is 57.5 Å². The molecule has 5 nitrogen and oxygen atoms in total. The molecule has 0 bridgehead atoms. The van der Waals surface area contributed by atoms with Gasteiger partial charge in [0.15, 0.2) is 0 Å². The smallest absolute Gasteiger partial charge is 0.253 e. The number of carbonyl (C=O) groups is 1. The molecule has 0 radical (unpaired) electrons. The molecule has 1 N–H and O–H groups in total. The lowest BCUT2D eigenvalue weighted by molar-refractivity contribution is 0.0363. The number of aromatic nitrogens is 1. The van der Waals surface area contributed by atoms with Crippen molar-refractivity contribution >= 4 is 5.91 Å². The summed E-state index contributed by atoms with van der Waals surface area (Å²) in [6.07, 6.45) is 0.905. The van der Waals surface area contributed by atoms with Crippen molar-refractivity contribution in [3.8, 4) is 5.69 Å². The van der Waals surface area contributed by atoms with Crippen LogP contribution in [0.25, 0.3) is 5.69 Å². The lowest BCUT2D eigenvalue weighted by Gasteiger charge is -2.27. The number of hydrogen-bond donors (Lipinski definition) is 1. The van der Waals surface area contributed by atoms with Crippen molar-refractivity contribution in [1.82, 2.24) is 14.8 Å². The van der Waals surface area contributed by atoms with E-state index in [0.29, 0.717) is 5.56 Å². The van der Waals surface area contributed by atoms with Gasteiger partial charge in [-0.1, -0.05) is 0 Å². The number of rotatable bonds is 6. The van der Waals surface area contributed by atoms with Crippen LogP contribution < -0.4 is 5.32 Å². The molecule has 1 atom stereocenters. The predicted octanol–water partition coefficient (Wildman–Crippen LogP) is 3.07. The van der Waals surface area contributed by atoms with Crippen molar-refractivity contribution in [1.29, 1.82) is 0 Å². The fourth-order valence-corrected chi connectivity index (χ4v) is 3.55. The molecule has 1 aliphatic heterocycles. The van der Waals surface area contributed by atoms with Crippen LogP contribution in [-0.4, -0.2) is 54.3 Å². The summed E-state index contributed by atoms with van der Waals surface area (Å²) < 4.78 is 20.5. The van der Waals surface area contributed by atoms with E-state index in [1.54, 1.807) is 12.1 Å². The lowest BCUT2D eigenvalue weighted by Crippen LogP contribution is -2.40. The van der Waals surface area contributed by atoms with E-state index in [1.165, 1.54) is 12.1 Å². The van der Waals surface area contributed by atoms with Crippen molar-refractivity contribution in [2.45, 2.75) is 33.2 Å². The second-order valence-corrected chi connectivity index (χ2v) is 7.21. The van der Waals surface area contributed by atoms with Crippen molar-refractivity contribution in [2.24, 2.45) is 0 Å². The van der Waals surface area contributed by atoms with Crippen LogP contribution in [-0.2, 0) is 4.74 Å². The molecule has 2 heterocycles. The first-order valence-corrected chi connectivity index (χ1v) is 9.51. The van der Waals surface area contributed by atoms with Gasteiger partial charge in [-0.25, -0.2) is 4.39 Å². The zero-order valence-electron chi connectivity index (χ0n) is 16.3. The van der Waals surface area contributed by atoms with Crippen LogP contribution in [0, 0.1) is 19.7 Å². The van der Waals surface area contributed by atoms with Crippen LogP contribution in [0.3, 0.4) is 0 Å². The first-order chi connectivity index (χ1) is 13.0. The Bertz CT molecular complexity index is 779. The summed E-state index contributed by atoms with van der Waals surface area (Å²) in [4.78, 5) is 15.1. The third-order valence-electron chi connectivity index (χ3n) is 5.12. The zero-order valence-corrected chi connectivity index (χ0v) is 16.3. The summed E-state index contributed by atoms with van der Waals surface area (Å²) >= 11 is 0. The summed E-state index contributed by atoms with van der Waals surface area (Å²) in [5.74, 6) is -0.334. The van der Waals surface area contributed by atoms with Crippen LogP contribution in [0.1, 0.15) is 35.1 Å². The monoisotopic (exact) mass is 373 g/mol. The fraction of sp³-hybridized carbons (Fsp3) is 0.476. The van der Waals surface area contributed by atoms with Gasteiger partial charge < -0.3 is 14.6 Å². The minimum Gasteiger partial charge on any atom is -0.379 e. The number of carbonyl (C=O) groups excluding carboxylic acids is 1. The Hall–Kier alpha value is -2.18. The Balaban J connectivity index is 1.64. The van der Waals surface area contributed by atoms with E-state index in [-0.39, 0.29) is 17.8 Å². The molecule has 1 fully saturated rings. The average molecular weight is 373 g/mol. The van der Waals surface area contributed by atoms with Crippen LogP contribution in [0.2, 0.25) is 0 Å². The van der Waals surface area contributed by atoms with Gasteiger partial charge in [0, 0.05) is 42.8 Å². The Morgan fingerprint density at radius 1 is 1.22 bits per heavy atom. The largest absolute Gasteiger partial charge is 0.379 e.